The minimum atomic E-state index is -0.862. The van der Waals surface area contributed by atoms with Crippen LogP contribution in [0.15, 0.2) is 89.6 Å². The molecule has 4 rings (SSSR count). The molecular formula is C25H20FNO5. The lowest BCUT2D eigenvalue weighted by Gasteiger charge is -2.24. The van der Waals surface area contributed by atoms with E-state index in [4.69, 9.17) is 9.15 Å². The van der Waals surface area contributed by atoms with Crippen molar-refractivity contribution in [1.82, 2.24) is 4.90 Å². The zero-order chi connectivity index (χ0) is 22.7. The Kier molecular flexibility index (Phi) is 5.89. The summed E-state index contributed by atoms with van der Waals surface area (Å²) in [5, 5.41) is 10.9. The number of carbonyl (C=O) groups excluding carboxylic acids is 2. The van der Waals surface area contributed by atoms with Crippen molar-refractivity contribution in [3.63, 3.8) is 0 Å². The third kappa shape index (κ3) is 4.05. The molecule has 2 heterocycles. The highest BCUT2D eigenvalue weighted by Gasteiger charge is 2.46. The summed E-state index contributed by atoms with van der Waals surface area (Å²) >= 11 is 0. The Balaban J connectivity index is 1.80. The highest BCUT2D eigenvalue weighted by atomic mass is 19.1. The molecule has 0 spiro atoms. The summed E-state index contributed by atoms with van der Waals surface area (Å²) in [6.07, 6.45) is 3.10. The Morgan fingerprint density at radius 3 is 2.47 bits per heavy atom. The van der Waals surface area contributed by atoms with Gasteiger partial charge in [-0.3, -0.25) is 9.59 Å². The second-order valence-electron chi connectivity index (χ2n) is 7.18. The number of likely N-dealkylation sites (tertiary alicyclic amines) is 1. The number of ether oxygens (including phenoxy) is 1. The maximum Gasteiger partial charge on any atom is 0.296 e. The van der Waals surface area contributed by atoms with Crippen molar-refractivity contribution < 1.29 is 28.2 Å². The Bertz CT molecular complexity index is 1160. The van der Waals surface area contributed by atoms with Crippen LogP contribution >= 0.6 is 0 Å². The highest BCUT2D eigenvalue weighted by molar-refractivity contribution is 6.46. The van der Waals surface area contributed by atoms with E-state index in [9.17, 15) is 19.1 Å². The van der Waals surface area contributed by atoms with Crippen LogP contribution in [-0.4, -0.2) is 28.3 Å². The molecule has 1 unspecified atom stereocenters. The minimum absolute atomic E-state index is 0.0388. The van der Waals surface area contributed by atoms with Gasteiger partial charge in [0.1, 0.15) is 29.7 Å². The van der Waals surface area contributed by atoms with Gasteiger partial charge in [-0.15, -0.1) is 0 Å². The summed E-state index contributed by atoms with van der Waals surface area (Å²) in [6.45, 7) is 3.98. The van der Waals surface area contributed by atoms with Crippen LogP contribution in [0.1, 0.15) is 22.9 Å². The number of benzene rings is 2. The van der Waals surface area contributed by atoms with E-state index in [-0.39, 0.29) is 23.4 Å². The van der Waals surface area contributed by atoms with Gasteiger partial charge in [-0.25, -0.2) is 4.39 Å². The maximum absolute atomic E-state index is 13.4. The van der Waals surface area contributed by atoms with Crippen LogP contribution in [0.4, 0.5) is 4.39 Å². The number of carbonyl (C=O) groups is 2. The zero-order valence-electron chi connectivity index (χ0n) is 17.0. The molecule has 0 aliphatic carbocycles. The number of nitrogens with zero attached hydrogens (tertiary/aromatic N) is 1. The van der Waals surface area contributed by atoms with Crippen LogP contribution in [0.3, 0.4) is 0 Å². The number of hydrogen-bond donors (Lipinski definition) is 1. The Morgan fingerprint density at radius 2 is 1.84 bits per heavy atom. The minimum Gasteiger partial charge on any atom is -0.507 e. The second-order valence-corrected chi connectivity index (χ2v) is 7.18. The van der Waals surface area contributed by atoms with Crippen molar-refractivity contribution in [3.05, 3.63) is 108 Å². The SMILES string of the molecule is C=CCOc1ccc(C2C(=C(O)c3ccc(F)cc3)C(=O)C(=O)N2Cc2ccco2)cc1. The van der Waals surface area contributed by atoms with Gasteiger partial charge in [-0.2, -0.15) is 0 Å². The van der Waals surface area contributed by atoms with Crippen molar-refractivity contribution >= 4 is 17.4 Å². The van der Waals surface area contributed by atoms with E-state index < -0.39 is 23.5 Å². The molecule has 1 saturated heterocycles. The fourth-order valence-corrected chi connectivity index (χ4v) is 3.62. The monoisotopic (exact) mass is 433 g/mol. The van der Waals surface area contributed by atoms with Gasteiger partial charge in [-0.05, 0) is 54.1 Å². The van der Waals surface area contributed by atoms with Crippen LogP contribution in [-0.2, 0) is 16.1 Å². The molecule has 7 heteroatoms. The fourth-order valence-electron chi connectivity index (χ4n) is 3.62. The van der Waals surface area contributed by atoms with Crippen LogP contribution in [0.5, 0.6) is 5.75 Å². The van der Waals surface area contributed by atoms with E-state index in [1.807, 2.05) is 0 Å². The summed E-state index contributed by atoms with van der Waals surface area (Å²) in [5.41, 5.74) is 0.761. The van der Waals surface area contributed by atoms with Gasteiger partial charge in [0.15, 0.2) is 0 Å². The fraction of sp³-hybridized carbons (Fsp3) is 0.120. The first kappa shape index (κ1) is 21.1. The van der Waals surface area contributed by atoms with Crippen molar-refractivity contribution in [3.8, 4) is 5.75 Å². The normalized spacial score (nSPS) is 17.5. The predicted octanol–water partition coefficient (Wildman–Crippen LogP) is 4.61. The molecule has 2 aromatic carbocycles. The van der Waals surface area contributed by atoms with Gasteiger partial charge in [-0.1, -0.05) is 24.8 Å². The topological polar surface area (TPSA) is 80.0 Å². The summed E-state index contributed by atoms with van der Waals surface area (Å²) in [7, 11) is 0. The molecule has 1 fully saturated rings. The summed E-state index contributed by atoms with van der Waals surface area (Å²) in [4.78, 5) is 27.2. The largest absolute Gasteiger partial charge is 0.507 e. The second kappa shape index (κ2) is 8.93. The number of halogens is 1. The highest BCUT2D eigenvalue weighted by Crippen LogP contribution is 2.40. The first-order valence-electron chi connectivity index (χ1n) is 9.90. The van der Waals surface area contributed by atoms with E-state index in [2.05, 4.69) is 6.58 Å². The van der Waals surface area contributed by atoms with Gasteiger partial charge in [0.05, 0.1) is 24.4 Å². The number of amides is 1. The van der Waals surface area contributed by atoms with Gasteiger partial charge in [0, 0.05) is 5.56 Å². The van der Waals surface area contributed by atoms with E-state index in [1.165, 1.54) is 35.4 Å². The average molecular weight is 433 g/mol. The van der Waals surface area contributed by atoms with Crippen LogP contribution in [0, 0.1) is 5.82 Å². The molecule has 1 aromatic heterocycles. The lowest BCUT2D eigenvalue weighted by atomic mass is 9.95. The molecule has 0 bridgehead atoms. The molecule has 1 aliphatic heterocycles. The number of hydrogen-bond acceptors (Lipinski definition) is 5. The Morgan fingerprint density at radius 1 is 1.12 bits per heavy atom. The number of furan rings is 1. The zero-order valence-corrected chi connectivity index (χ0v) is 17.0. The third-order valence-corrected chi connectivity index (χ3v) is 5.13. The molecule has 162 valence electrons. The molecule has 1 amide bonds. The summed E-state index contributed by atoms with van der Waals surface area (Å²) < 4.78 is 24.2. The van der Waals surface area contributed by atoms with Gasteiger partial charge >= 0.3 is 0 Å². The molecule has 1 N–H and O–H groups in total. The molecule has 1 atom stereocenters. The summed E-state index contributed by atoms with van der Waals surface area (Å²) in [5.74, 6) is -1.36. The van der Waals surface area contributed by atoms with Crippen LogP contribution < -0.4 is 4.74 Å². The Labute approximate surface area is 183 Å². The number of ketones is 1. The van der Waals surface area contributed by atoms with E-state index in [1.54, 1.807) is 42.5 Å². The maximum atomic E-state index is 13.4. The Hall–Kier alpha value is -4.13. The van der Waals surface area contributed by atoms with Gasteiger partial charge < -0.3 is 19.2 Å². The van der Waals surface area contributed by atoms with Crippen molar-refractivity contribution in [2.24, 2.45) is 0 Å². The standard InChI is InChI=1S/C25H20FNO5/c1-2-13-31-19-11-7-16(8-12-19)22-21(23(28)17-5-9-18(26)10-6-17)24(29)25(30)27(22)15-20-4-3-14-32-20/h2-12,14,22,28H,1,13,15H2. The van der Waals surface area contributed by atoms with Crippen molar-refractivity contribution in [2.75, 3.05) is 6.61 Å². The lowest BCUT2D eigenvalue weighted by molar-refractivity contribution is -0.140. The van der Waals surface area contributed by atoms with Crippen molar-refractivity contribution in [1.29, 1.82) is 0 Å². The number of rotatable bonds is 7. The molecule has 32 heavy (non-hydrogen) atoms. The van der Waals surface area contributed by atoms with E-state index in [0.717, 1.165) is 0 Å². The molecule has 1 aliphatic rings. The molecule has 0 saturated carbocycles. The molecule has 6 nitrogen and oxygen atoms in total. The third-order valence-electron chi connectivity index (χ3n) is 5.13. The van der Waals surface area contributed by atoms with E-state index in [0.29, 0.717) is 23.7 Å². The van der Waals surface area contributed by atoms with E-state index >= 15 is 0 Å². The van der Waals surface area contributed by atoms with Gasteiger partial charge in [0.25, 0.3) is 11.7 Å². The predicted molar refractivity (Wildman–Crippen MR) is 115 cm³/mol. The molecule has 0 radical (unpaired) electrons. The number of Topliss-reactive ketones (excluding diaryl/α,β-unsaturated/α-hetero) is 1. The quantitative estimate of drug-likeness (QED) is 0.255. The van der Waals surface area contributed by atoms with Crippen LogP contribution in [0.2, 0.25) is 0 Å². The lowest BCUT2D eigenvalue weighted by Crippen LogP contribution is -2.29. The van der Waals surface area contributed by atoms with Gasteiger partial charge in [0.2, 0.25) is 0 Å². The van der Waals surface area contributed by atoms with Crippen molar-refractivity contribution in [2.45, 2.75) is 12.6 Å². The van der Waals surface area contributed by atoms with Crippen LogP contribution in [0.25, 0.3) is 5.76 Å². The smallest absolute Gasteiger partial charge is 0.296 e. The first-order chi connectivity index (χ1) is 15.5. The first-order valence-corrected chi connectivity index (χ1v) is 9.90. The molecular weight excluding hydrogens is 413 g/mol. The average Bonchev–Trinajstić information content (AvgIpc) is 3.40. The number of aliphatic hydroxyl groups excluding tert-OH is 1. The summed E-state index contributed by atoms with van der Waals surface area (Å²) in [6, 6.07) is 14.5. The number of aliphatic hydroxyl groups is 1. The molecule has 3 aromatic rings.